The third-order valence-corrected chi connectivity index (χ3v) is 5.05. The molecule has 2 atom stereocenters. The minimum Gasteiger partial charge on any atom is -0.465 e. The standard InChI is InChI=1S/C15H14F4N2O3S.Fe/c1-24-14(23)7-6-25-13-8(15(17,18)19)4-11(20-12(7)13)21-3-2-10(22)9(16)5-21;/h4,6,9-10,22H,2-3,5H2,1H3;. The quantitative estimate of drug-likeness (QED) is 0.448. The number of carbonyl (C=O) groups excluding carboxylic acids is 1. The molecule has 0 aromatic carbocycles. The molecule has 0 radical (unpaired) electrons. The first-order chi connectivity index (χ1) is 11.7. The first-order valence-electron chi connectivity index (χ1n) is 7.37. The molecule has 1 N–H and O–H groups in total. The summed E-state index contributed by atoms with van der Waals surface area (Å²) in [5.41, 5.74) is -1.12. The van der Waals surface area contributed by atoms with E-state index >= 15 is 0 Å². The number of pyridine rings is 1. The van der Waals surface area contributed by atoms with E-state index in [0.29, 0.717) is 0 Å². The average molecular weight is 434 g/mol. The molecule has 0 aliphatic carbocycles. The van der Waals surface area contributed by atoms with E-state index in [2.05, 4.69) is 9.72 Å². The summed E-state index contributed by atoms with van der Waals surface area (Å²) < 4.78 is 58.4. The molecule has 1 saturated heterocycles. The number of rotatable bonds is 2. The SMILES string of the molecule is COC(=O)c1csc2c(C(F)(F)F)cc(N3CCC(O)C(F)C3)nc12.[Fe]. The number of aromatic nitrogens is 1. The van der Waals surface area contributed by atoms with Crippen molar-refractivity contribution in [3.63, 3.8) is 0 Å². The molecular weight excluding hydrogens is 420 g/mol. The Bertz CT molecular complexity index is 814. The second kappa shape index (κ2) is 7.67. The number of carbonyl (C=O) groups is 1. The largest absolute Gasteiger partial charge is 0.465 e. The van der Waals surface area contributed by atoms with Crippen molar-refractivity contribution in [2.24, 2.45) is 0 Å². The number of piperidine rings is 1. The maximum atomic E-state index is 13.7. The van der Waals surface area contributed by atoms with E-state index < -0.39 is 30.0 Å². The van der Waals surface area contributed by atoms with E-state index in [1.807, 2.05) is 0 Å². The van der Waals surface area contributed by atoms with E-state index in [4.69, 9.17) is 0 Å². The molecule has 3 heterocycles. The Morgan fingerprint density at radius 3 is 2.73 bits per heavy atom. The van der Waals surface area contributed by atoms with Crippen LogP contribution in [-0.4, -0.2) is 48.5 Å². The number of esters is 1. The summed E-state index contributed by atoms with van der Waals surface area (Å²) in [5.74, 6) is -0.876. The van der Waals surface area contributed by atoms with Crippen molar-refractivity contribution < 1.29 is 49.3 Å². The molecule has 3 rings (SSSR count). The van der Waals surface area contributed by atoms with Gasteiger partial charge in [-0.1, -0.05) is 0 Å². The molecule has 0 spiro atoms. The summed E-state index contributed by atoms with van der Waals surface area (Å²) in [4.78, 5) is 17.3. The Hall–Kier alpha value is -1.42. The predicted octanol–water partition coefficient (Wildman–Crippen LogP) is 3.01. The summed E-state index contributed by atoms with van der Waals surface area (Å²) in [5, 5.41) is 10.7. The zero-order chi connectivity index (χ0) is 18.4. The first-order valence-corrected chi connectivity index (χ1v) is 8.25. The number of hydrogen-bond donors (Lipinski definition) is 1. The van der Waals surface area contributed by atoms with Gasteiger partial charge in [0, 0.05) is 29.0 Å². The van der Waals surface area contributed by atoms with Crippen molar-refractivity contribution in [3.8, 4) is 0 Å². The van der Waals surface area contributed by atoms with Gasteiger partial charge in [0.15, 0.2) is 0 Å². The number of thiophene rings is 1. The van der Waals surface area contributed by atoms with Gasteiger partial charge in [-0.2, -0.15) is 13.2 Å². The molecule has 5 nitrogen and oxygen atoms in total. The Morgan fingerprint density at radius 1 is 1.46 bits per heavy atom. The van der Waals surface area contributed by atoms with Crippen LogP contribution >= 0.6 is 11.3 Å². The van der Waals surface area contributed by atoms with Gasteiger partial charge in [0.25, 0.3) is 0 Å². The second-order valence-corrected chi connectivity index (χ2v) is 6.54. The number of aliphatic hydroxyl groups excluding tert-OH is 1. The zero-order valence-corrected chi connectivity index (χ0v) is 15.3. The fourth-order valence-corrected chi connectivity index (χ4v) is 3.74. The van der Waals surface area contributed by atoms with Crippen LogP contribution in [0.15, 0.2) is 11.4 Å². The Balaban J connectivity index is 0.00000243. The van der Waals surface area contributed by atoms with Crippen LogP contribution < -0.4 is 4.90 Å². The Kier molecular flexibility index (Phi) is 6.16. The summed E-state index contributed by atoms with van der Waals surface area (Å²) in [6.07, 6.45) is -7.30. The van der Waals surface area contributed by atoms with Crippen molar-refractivity contribution in [3.05, 3.63) is 22.6 Å². The number of aliphatic hydroxyl groups is 1. The van der Waals surface area contributed by atoms with Crippen LogP contribution in [0, 0.1) is 0 Å². The molecule has 0 saturated carbocycles. The van der Waals surface area contributed by atoms with Crippen LogP contribution in [0.2, 0.25) is 0 Å². The van der Waals surface area contributed by atoms with Gasteiger partial charge in [-0.3, -0.25) is 0 Å². The van der Waals surface area contributed by atoms with Gasteiger partial charge < -0.3 is 14.7 Å². The van der Waals surface area contributed by atoms with Gasteiger partial charge in [-0.25, -0.2) is 14.2 Å². The predicted molar refractivity (Wildman–Crippen MR) is 83.7 cm³/mol. The minimum absolute atomic E-state index is 0. The molecule has 144 valence electrons. The third-order valence-electron chi connectivity index (χ3n) is 4.05. The van der Waals surface area contributed by atoms with E-state index in [-0.39, 0.29) is 58.2 Å². The van der Waals surface area contributed by atoms with Crippen molar-refractivity contribution in [1.29, 1.82) is 0 Å². The Morgan fingerprint density at radius 2 is 2.15 bits per heavy atom. The molecule has 1 aliphatic heterocycles. The van der Waals surface area contributed by atoms with Crippen LogP contribution in [0.1, 0.15) is 22.3 Å². The number of hydrogen-bond acceptors (Lipinski definition) is 6. The van der Waals surface area contributed by atoms with E-state index in [0.717, 1.165) is 24.5 Å². The van der Waals surface area contributed by atoms with Gasteiger partial charge >= 0.3 is 12.1 Å². The topological polar surface area (TPSA) is 62.7 Å². The Labute approximate surface area is 160 Å². The van der Waals surface area contributed by atoms with Crippen molar-refractivity contribution in [2.75, 3.05) is 25.1 Å². The summed E-state index contributed by atoms with van der Waals surface area (Å²) in [6, 6.07) is 0.852. The number of halogens is 4. The minimum atomic E-state index is -4.65. The van der Waals surface area contributed by atoms with Crippen molar-refractivity contribution in [1.82, 2.24) is 4.98 Å². The van der Waals surface area contributed by atoms with Crippen molar-refractivity contribution >= 4 is 33.3 Å². The van der Waals surface area contributed by atoms with E-state index in [1.54, 1.807) is 0 Å². The van der Waals surface area contributed by atoms with Crippen LogP contribution in [-0.2, 0) is 28.0 Å². The van der Waals surface area contributed by atoms with Gasteiger partial charge in [0.05, 0.1) is 41.1 Å². The van der Waals surface area contributed by atoms with Gasteiger partial charge in [-0.05, 0) is 12.5 Å². The van der Waals surface area contributed by atoms with Crippen LogP contribution in [0.25, 0.3) is 10.2 Å². The smallest absolute Gasteiger partial charge is 0.417 e. The second-order valence-electron chi connectivity index (χ2n) is 5.66. The van der Waals surface area contributed by atoms with Crippen LogP contribution in [0.5, 0.6) is 0 Å². The molecule has 0 amide bonds. The van der Waals surface area contributed by atoms with Crippen LogP contribution in [0.3, 0.4) is 0 Å². The molecule has 26 heavy (non-hydrogen) atoms. The number of anilines is 1. The third kappa shape index (κ3) is 3.80. The number of fused-ring (bicyclic) bond motifs is 1. The van der Waals surface area contributed by atoms with Crippen LogP contribution in [0.4, 0.5) is 23.4 Å². The van der Waals surface area contributed by atoms with Gasteiger partial charge in [0.2, 0.25) is 0 Å². The molecular formula is C15H14F4FeN2O3S. The first kappa shape index (κ1) is 20.9. The fraction of sp³-hybridized carbons (Fsp3) is 0.467. The van der Waals surface area contributed by atoms with E-state index in [1.165, 1.54) is 10.3 Å². The molecule has 11 heteroatoms. The number of ether oxygens (including phenoxy) is 1. The monoisotopic (exact) mass is 434 g/mol. The summed E-state index contributed by atoms with van der Waals surface area (Å²) in [6.45, 7) is -0.107. The molecule has 2 aromatic heterocycles. The summed E-state index contributed by atoms with van der Waals surface area (Å²) in [7, 11) is 1.13. The molecule has 0 bridgehead atoms. The maximum absolute atomic E-state index is 13.7. The zero-order valence-electron chi connectivity index (χ0n) is 13.4. The number of methoxy groups -OCH3 is 1. The van der Waals surface area contributed by atoms with Gasteiger partial charge in [0.1, 0.15) is 12.0 Å². The molecule has 2 aromatic rings. The van der Waals surface area contributed by atoms with Crippen molar-refractivity contribution in [2.45, 2.75) is 24.9 Å². The number of alkyl halides is 4. The summed E-state index contributed by atoms with van der Waals surface area (Å²) >= 11 is 0.752. The molecule has 2 unspecified atom stereocenters. The fourth-order valence-electron chi connectivity index (χ4n) is 2.72. The maximum Gasteiger partial charge on any atom is 0.417 e. The van der Waals surface area contributed by atoms with Gasteiger partial charge in [-0.15, -0.1) is 11.3 Å². The average Bonchev–Trinajstić information content (AvgIpc) is 2.98. The van der Waals surface area contributed by atoms with E-state index in [9.17, 15) is 27.5 Å². The molecule has 1 fully saturated rings. The number of nitrogens with zero attached hydrogens (tertiary/aromatic N) is 2. The molecule has 1 aliphatic rings. The normalized spacial score (nSPS) is 20.8.